The first-order valence-corrected chi connectivity index (χ1v) is 8.79. The highest BCUT2D eigenvalue weighted by molar-refractivity contribution is 5.17. The molecule has 1 aliphatic heterocycles. The summed E-state index contributed by atoms with van der Waals surface area (Å²) >= 11 is 0. The second kappa shape index (κ2) is 6.46. The molecular weight excluding hydrogens is 282 g/mol. The number of likely N-dealkylation sites (tertiary alicyclic amines) is 1. The van der Waals surface area contributed by atoms with E-state index in [-0.39, 0.29) is 0 Å². The first-order valence-electron chi connectivity index (χ1n) is 8.79. The zero-order valence-electron chi connectivity index (χ0n) is 13.7. The molecule has 2 heteroatoms. The normalized spacial score (nSPS) is 23.0. The van der Waals surface area contributed by atoms with E-state index >= 15 is 0 Å². The van der Waals surface area contributed by atoms with Crippen LogP contribution < -0.4 is 0 Å². The van der Waals surface area contributed by atoms with Crippen LogP contribution in [0.3, 0.4) is 0 Å². The van der Waals surface area contributed by atoms with Gasteiger partial charge in [-0.15, -0.1) is 0 Å². The van der Waals surface area contributed by atoms with Gasteiger partial charge in [0.15, 0.2) is 0 Å². The first kappa shape index (κ1) is 14.9. The molecule has 1 saturated heterocycles. The molecule has 1 atom stereocenters. The molecule has 2 aliphatic rings. The second-order valence-electron chi connectivity index (χ2n) is 7.05. The van der Waals surface area contributed by atoms with Gasteiger partial charge in [0.2, 0.25) is 0 Å². The molecule has 0 bridgehead atoms. The molecule has 1 heterocycles. The number of ether oxygens (including phenoxy) is 1. The average molecular weight is 307 g/mol. The first-order chi connectivity index (χ1) is 11.3. The summed E-state index contributed by atoms with van der Waals surface area (Å²) in [6.07, 6.45) is 5.60. The molecule has 1 spiro atoms. The van der Waals surface area contributed by atoms with Gasteiger partial charge >= 0.3 is 0 Å². The van der Waals surface area contributed by atoms with Crippen LogP contribution in [0.4, 0.5) is 0 Å². The summed E-state index contributed by atoms with van der Waals surface area (Å²) in [5.41, 5.74) is 3.18. The summed E-state index contributed by atoms with van der Waals surface area (Å²) < 4.78 is 6.22. The minimum atomic E-state index is 0.366. The van der Waals surface area contributed by atoms with Crippen LogP contribution in [0.15, 0.2) is 60.7 Å². The van der Waals surface area contributed by atoms with Crippen LogP contribution in [0.2, 0.25) is 0 Å². The molecule has 0 amide bonds. The van der Waals surface area contributed by atoms with Crippen molar-refractivity contribution < 1.29 is 4.74 Å². The Morgan fingerprint density at radius 2 is 1.52 bits per heavy atom. The standard InChI is InChI=1S/C21H25NO/c1-3-7-18(8-4-1)15-22-16-20(11-12-21(22)13-14-21)23-17-19-9-5-2-6-10-19/h1-10,20H,11-17H2. The van der Waals surface area contributed by atoms with Gasteiger partial charge in [0.05, 0.1) is 12.7 Å². The van der Waals surface area contributed by atoms with Gasteiger partial charge in [0, 0.05) is 18.6 Å². The van der Waals surface area contributed by atoms with Crippen molar-refractivity contribution in [3.8, 4) is 0 Å². The van der Waals surface area contributed by atoms with Gasteiger partial charge in [-0.2, -0.15) is 0 Å². The Kier molecular flexibility index (Phi) is 4.19. The number of hydrogen-bond donors (Lipinski definition) is 0. The highest BCUT2D eigenvalue weighted by atomic mass is 16.5. The van der Waals surface area contributed by atoms with E-state index in [1.54, 1.807) is 0 Å². The van der Waals surface area contributed by atoms with Gasteiger partial charge in [-0.25, -0.2) is 0 Å². The van der Waals surface area contributed by atoms with Gasteiger partial charge in [-0.1, -0.05) is 60.7 Å². The predicted molar refractivity (Wildman–Crippen MR) is 93.1 cm³/mol. The third kappa shape index (κ3) is 3.49. The topological polar surface area (TPSA) is 12.5 Å². The number of hydrogen-bond acceptors (Lipinski definition) is 2. The molecule has 0 radical (unpaired) electrons. The molecule has 1 aliphatic carbocycles. The molecule has 1 saturated carbocycles. The van der Waals surface area contributed by atoms with Crippen molar-refractivity contribution >= 4 is 0 Å². The van der Waals surface area contributed by atoms with E-state index in [1.807, 2.05) is 0 Å². The van der Waals surface area contributed by atoms with Gasteiger partial charge in [0.25, 0.3) is 0 Å². The number of nitrogens with zero attached hydrogens (tertiary/aromatic N) is 1. The largest absolute Gasteiger partial charge is 0.372 e. The Morgan fingerprint density at radius 3 is 2.17 bits per heavy atom. The van der Waals surface area contributed by atoms with Crippen molar-refractivity contribution in [2.45, 2.75) is 50.5 Å². The van der Waals surface area contributed by atoms with Gasteiger partial charge in [-0.3, -0.25) is 4.90 Å². The molecule has 2 aromatic rings. The van der Waals surface area contributed by atoms with E-state index in [1.165, 1.54) is 36.8 Å². The molecule has 2 aromatic carbocycles. The SMILES string of the molecule is c1ccc(COC2CCC3(CC3)N(Cc3ccccc3)C2)cc1. The van der Waals surface area contributed by atoms with Crippen LogP contribution in [-0.4, -0.2) is 23.1 Å². The van der Waals surface area contributed by atoms with Crippen LogP contribution in [0, 0.1) is 0 Å². The maximum atomic E-state index is 6.22. The molecular formula is C21H25NO. The predicted octanol–water partition coefficient (Wildman–Crippen LogP) is 4.40. The molecule has 1 unspecified atom stereocenters. The monoisotopic (exact) mass is 307 g/mol. The Morgan fingerprint density at radius 1 is 0.870 bits per heavy atom. The van der Waals surface area contributed by atoms with E-state index in [0.717, 1.165) is 19.7 Å². The smallest absolute Gasteiger partial charge is 0.0721 e. The fourth-order valence-electron chi connectivity index (χ4n) is 3.79. The van der Waals surface area contributed by atoms with Crippen molar-refractivity contribution in [1.29, 1.82) is 0 Å². The van der Waals surface area contributed by atoms with E-state index < -0.39 is 0 Å². The van der Waals surface area contributed by atoms with E-state index in [0.29, 0.717) is 11.6 Å². The fraction of sp³-hybridized carbons (Fsp3) is 0.429. The molecule has 23 heavy (non-hydrogen) atoms. The third-order valence-corrected chi connectivity index (χ3v) is 5.40. The fourth-order valence-corrected chi connectivity index (χ4v) is 3.79. The third-order valence-electron chi connectivity index (χ3n) is 5.40. The van der Waals surface area contributed by atoms with Gasteiger partial charge < -0.3 is 4.74 Å². The molecule has 0 aromatic heterocycles. The van der Waals surface area contributed by atoms with Crippen molar-refractivity contribution in [2.24, 2.45) is 0 Å². The van der Waals surface area contributed by atoms with Crippen molar-refractivity contribution in [3.63, 3.8) is 0 Å². The van der Waals surface area contributed by atoms with Crippen LogP contribution in [0.5, 0.6) is 0 Å². The zero-order chi connectivity index (χ0) is 15.5. The highest BCUT2D eigenvalue weighted by Gasteiger charge is 2.50. The van der Waals surface area contributed by atoms with Crippen molar-refractivity contribution in [3.05, 3.63) is 71.8 Å². The van der Waals surface area contributed by atoms with Crippen molar-refractivity contribution in [1.82, 2.24) is 4.90 Å². The van der Waals surface area contributed by atoms with Gasteiger partial charge in [-0.05, 0) is 36.8 Å². The summed E-state index contributed by atoms with van der Waals surface area (Å²) in [5, 5.41) is 0. The summed E-state index contributed by atoms with van der Waals surface area (Å²) in [6.45, 7) is 2.87. The second-order valence-corrected chi connectivity index (χ2v) is 7.05. The van der Waals surface area contributed by atoms with Crippen LogP contribution in [-0.2, 0) is 17.9 Å². The lowest BCUT2D eigenvalue weighted by Crippen LogP contribution is -2.47. The lowest BCUT2D eigenvalue weighted by Gasteiger charge is -2.40. The van der Waals surface area contributed by atoms with Crippen LogP contribution >= 0.6 is 0 Å². The van der Waals surface area contributed by atoms with E-state index in [2.05, 4.69) is 65.6 Å². The minimum Gasteiger partial charge on any atom is -0.372 e. The molecule has 120 valence electrons. The van der Waals surface area contributed by atoms with Gasteiger partial charge in [0.1, 0.15) is 0 Å². The summed E-state index contributed by atoms with van der Waals surface area (Å²) in [7, 11) is 0. The minimum absolute atomic E-state index is 0.366. The lowest BCUT2D eigenvalue weighted by atomic mass is 9.97. The Hall–Kier alpha value is -1.64. The number of benzene rings is 2. The van der Waals surface area contributed by atoms with E-state index in [4.69, 9.17) is 4.74 Å². The molecule has 0 N–H and O–H groups in total. The zero-order valence-corrected chi connectivity index (χ0v) is 13.7. The van der Waals surface area contributed by atoms with Crippen LogP contribution in [0.25, 0.3) is 0 Å². The van der Waals surface area contributed by atoms with E-state index in [9.17, 15) is 0 Å². The lowest BCUT2D eigenvalue weighted by molar-refractivity contribution is -0.0379. The average Bonchev–Trinajstić information content (AvgIpc) is 3.38. The quantitative estimate of drug-likeness (QED) is 0.812. The maximum absolute atomic E-state index is 6.22. The van der Waals surface area contributed by atoms with Crippen molar-refractivity contribution in [2.75, 3.05) is 6.54 Å². The Bertz CT molecular complexity index is 621. The Labute approximate surface area is 139 Å². The Balaban J connectivity index is 1.38. The number of piperidine rings is 1. The highest BCUT2D eigenvalue weighted by Crippen LogP contribution is 2.49. The molecule has 2 nitrogen and oxygen atoms in total. The summed E-state index contributed by atoms with van der Waals surface area (Å²) in [6, 6.07) is 21.4. The summed E-state index contributed by atoms with van der Waals surface area (Å²) in [5.74, 6) is 0. The van der Waals surface area contributed by atoms with Crippen LogP contribution in [0.1, 0.15) is 36.8 Å². The molecule has 4 rings (SSSR count). The maximum Gasteiger partial charge on any atom is 0.0721 e. The number of rotatable bonds is 5. The molecule has 2 fully saturated rings. The summed E-state index contributed by atoms with van der Waals surface area (Å²) in [4.78, 5) is 2.68.